The van der Waals surface area contributed by atoms with Crippen molar-refractivity contribution in [3.63, 3.8) is 0 Å². The predicted molar refractivity (Wildman–Crippen MR) is 132 cm³/mol. The fraction of sp³-hybridized carbons (Fsp3) is 0.346. The lowest BCUT2D eigenvalue weighted by atomic mass is 9.85. The van der Waals surface area contributed by atoms with Crippen molar-refractivity contribution in [2.45, 2.75) is 51.0 Å². The number of nitrogens with one attached hydrogen (secondary N) is 1. The fourth-order valence-corrected chi connectivity index (χ4v) is 6.08. The van der Waals surface area contributed by atoms with E-state index in [1.807, 2.05) is 43.3 Å². The van der Waals surface area contributed by atoms with Crippen molar-refractivity contribution in [2.75, 3.05) is 12.4 Å². The normalized spacial score (nSPS) is 18.2. The second-order valence-electron chi connectivity index (χ2n) is 8.96. The summed E-state index contributed by atoms with van der Waals surface area (Å²) in [4.78, 5) is 17.7. The van der Waals surface area contributed by atoms with Gasteiger partial charge in [-0.05, 0) is 56.9 Å². The van der Waals surface area contributed by atoms with Crippen LogP contribution in [0.25, 0.3) is 15.3 Å². The number of fused-ring (bicyclic) bond motifs is 2. The molecule has 0 saturated heterocycles. The zero-order chi connectivity index (χ0) is 23.2. The Morgan fingerprint density at radius 3 is 2.79 bits per heavy atom. The molecular weight excluding hydrogens is 448 g/mol. The third-order valence-corrected chi connectivity index (χ3v) is 7.75. The van der Waals surface area contributed by atoms with Gasteiger partial charge >= 0.3 is 0 Å². The molecule has 6 rings (SSSR count). The molecule has 1 N–H and O–H groups in total. The number of carbonyl (C=O) groups excluding carboxylic acids is 1. The second-order valence-corrected chi connectivity index (χ2v) is 9.97. The summed E-state index contributed by atoms with van der Waals surface area (Å²) in [6.07, 6.45) is 5.21. The van der Waals surface area contributed by atoms with E-state index >= 15 is 0 Å². The Morgan fingerprint density at radius 2 is 1.97 bits per heavy atom. The first-order valence-electron chi connectivity index (χ1n) is 11.7. The first kappa shape index (κ1) is 21.2. The highest BCUT2D eigenvalue weighted by molar-refractivity contribution is 7.20. The quantitative estimate of drug-likeness (QED) is 0.408. The Kier molecular flexibility index (Phi) is 5.25. The highest BCUT2D eigenvalue weighted by Crippen LogP contribution is 2.44. The highest BCUT2D eigenvalue weighted by atomic mass is 32.1. The van der Waals surface area contributed by atoms with Crippen molar-refractivity contribution < 1.29 is 14.3 Å². The number of ether oxygens (including phenoxy) is 2. The number of carbonyl (C=O) groups is 1. The van der Waals surface area contributed by atoms with Crippen LogP contribution in [0.1, 0.15) is 54.8 Å². The van der Waals surface area contributed by atoms with Crippen LogP contribution < -0.4 is 14.8 Å². The molecule has 1 atom stereocenters. The molecule has 3 heterocycles. The molecule has 34 heavy (non-hydrogen) atoms. The first-order valence-corrected chi connectivity index (χ1v) is 12.5. The van der Waals surface area contributed by atoms with Gasteiger partial charge in [0.25, 0.3) is 0 Å². The van der Waals surface area contributed by atoms with Gasteiger partial charge < -0.3 is 14.8 Å². The van der Waals surface area contributed by atoms with Crippen molar-refractivity contribution in [3.05, 3.63) is 59.3 Å². The Morgan fingerprint density at radius 1 is 1.15 bits per heavy atom. The summed E-state index contributed by atoms with van der Waals surface area (Å²) in [5, 5.41) is 8.60. The van der Waals surface area contributed by atoms with Crippen LogP contribution in [-0.2, 0) is 4.79 Å². The number of hydrogen-bond acceptors (Lipinski definition) is 6. The molecule has 2 aromatic carbocycles. The molecule has 2 aromatic heterocycles. The standard InChI is InChI=1S/C26H26N4O3S/c1-15-24-19(18-9-5-6-10-21(18)33-16-7-3-4-8-16)14-23(31)28-25(24)30(29-15)26-27-20-12-11-17(32-2)13-22(20)34-26/h5-6,9-13,16,19H,3-4,7-8,14H2,1-2H3,(H,28,31)/t19-/m0/s1. The van der Waals surface area contributed by atoms with E-state index in [1.54, 1.807) is 11.8 Å². The number of aryl methyl sites for hydroxylation is 1. The molecule has 0 unspecified atom stereocenters. The maximum Gasteiger partial charge on any atom is 0.226 e. The topological polar surface area (TPSA) is 78.3 Å². The van der Waals surface area contributed by atoms with E-state index < -0.39 is 0 Å². The average molecular weight is 475 g/mol. The fourth-order valence-electron chi connectivity index (χ4n) is 5.12. The van der Waals surface area contributed by atoms with Crippen LogP contribution in [0, 0.1) is 6.92 Å². The Bertz CT molecular complexity index is 1390. The molecule has 0 radical (unpaired) electrons. The van der Waals surface area contributed by atoms with Crippen LogP contribution in [0.2, 0.25) is 0 Å². The Hall–Kier alpha value is -3.39. The van der Waals surface area contributed by atoms with Gasteiger partial charge in [0.15, 0.2) is 0 Å². The van der Waals surface area contributed by atoms with Crippen molar-refractivity contribution in [1.29, 1.82) is 0 Å². The summed E-state index contributed by atoms with van der Waals surface area (Å²) in [5.74, 6) is 2.20. The Labute approximate surface area is 201 Å². The number of nitrogens with zero attached hydrogens (tertiary/aromatic N) is 3. The van der Waals surface area contributed by atoms with Gasteiger partial charge in [0.2, 0.25) is 11.0 Å². The van der Waals surface area contributed by atoms with Crippen LogP contribution in [0.3, 0.4) is 0 Å². The summed E-state index contributed by atoms with van der Waals surface area (Å²) < 4.78 is 14.6. The number of aromatic nitrogens is 3. The summed E-state index contributed by atoms with van der Waals surface area (Å²) >= 11 is 1.52. The maximum absolute atomic E-state index is 12.9. The molecule has 4 aromatic rings. The molecule has 1 aliphatic carbocycles. The number of methoxy groups -OCH3 is 1. The minimum atomic E-state index is -0.121. The summed E-state index contributed by atoms with van der Waals surface area (Å²) in [5.41, 5.74) is 3.82. The number of benzene rings is 2. The molecule has 8 heteroatoms. The number of amides is 1. The number of rotatable bonds is 5. The number of anilines is 1. The van der Waals surface area contributed by atoms with Crippen molar-refractivity contribution in [3.8, 4) is 16.6 Å². The third-order valence-electron chi connectivity index (χ3n) is 6.76. The van der Waals surface area contributed by atoms with Crippen LogP contribution in [-0.4, -0.2) is 33.9 Å². The second kappa shape index (κ2) is 8.43. The zero-order valence-electron chi connectivity index (χ0n) is 19.2. The van der Waals surface area contributed by atoms with Gasteiger partial charge in [0, 0.05) is 23.5 Å². The zero-order valence-corrected chi connectivity index (χ0v) is 20.0. The van der Waals surface area contributed by atoms with Crippen LogP contribution in [0.5, 0.6) is 11.5 Å². The third kappa shape index (κ3) is 3.62. The van der Waals surface area contributed by atoms with E-state index in [0.29, 0.717) is 17.4 Å². The first-order chi connectivity index (χ1) is 16.6. The van der Waals surface area contributed by atoms with E-state index in [4.69, 9.17) is 19.6 Å². The molecule has 7 nitrogen and oxygen atoms in total. The van der Waals surface area contributed by atoms with Gasteiger partial charge in [-0.3, -0.25) is 4.79 Å². The summed E-state index contributed by atoms with van der Waals surface area (Å²) in [6, 6.07) is 13.9. The van der Waals surface area contributed by atoms with E-state index in [1.165, 1.54) is 24.2 Å². The molecular formula is C26H26N4O3S. The minimum Gasteiger partial charge on any atom is -0.497 e. The maximum atomic E-state index is 12.9. The van der Waals surface area contributed by atoms with Crippen LogP contribution >= 0.6 is 11.3 Å². The molecule has 1 amide bonds. The smallest absolute Gasteiger partial charge is 0.226 e. The van der Waals surface area contributed by atoms with Crippen molar-refractivity contribution >= 4 is 33.3 Å². The van der Waals surface area contributed by atoms with E-state index in [-0.39, 0.29) is 17.9 Å². The van der Waals surface area contributed by atoms with Gasteiger partial charge in [0.1, 0.15) is 17.3 Å². The van der Waals surface area contributed by atoms with Gasteiger partial charge in [-0.1, -0.05) is 29.5 Å². The molecule has 1 saturated carbocycles. The summed E-state index contributed by atoms with van der Waals surface area (Å²) in [7, 11) is 1.65. The summed E-state index contributed by atoms with van der Waals surface area (Å²) in [6.45, 7) is 2.00. The number of para-hydroxylation sites is 1. The lowest BCUT2D eigenvalue weighted by Crippen LogP contribution is -2.25. The van der Waals surface area contributed by atoms with E-state index in [0.717, 1.165) is 51.4 Å². The molecule has 0 spiro atoms. The minimum absolute atomic E-state index is 0.0305. The van der Waals surface area contributed by atoms with Gasteiger partial charge in [0.05, 0.1) is 29.1 Å². The molecule has 2 aliphatic rings. The molecule has 1 aliphatic heterocycles. The van der Waals surface area contributed by atoms with Gasteiger partial charge in [-0.25, -0.2) is 4.98 Å². The Balaban J connectivity index is 1.43. The van der Waals surface area contributed by atoms with Gasteiger partial charge in [-0.15, -0.1) is 0 Å². The van der Waals surface area contributed by atoms with Crippen molar-refractivity contribution in [2.24, 2.45) is 0 Å². The monoisotopic (exact) mass is 474 g/mol. The SMILES string of the molecule is COc1ccc2nc(-n3nc(C)c4c3NC(=O)C[C@H]4c3ccccc3OC3CCCC3)sc2c1. The highest BCUT2D eigenvalue weighted by Gasteiger charge is 2.35. The molecule has 174 valence electrons. The van der Waals surface area contributed by atoms with Crippen molar-refractivity contribution in [1.82, 2.24) is 14.8 Å². The van der Waals surface area contributed by atoms with Crippen LogP contribution in [0.15, 0.2) is 42.5 Å². The average Bonchev–Trinajstić information content (AvgIpc) is 3.57. The lowest BCUT2D eigenvalue weighted by molar-refractivity contribution is -0.116. The molecule has 0 bridgehead atoms. The number of thiazole rings is 1. The molecule has 1 fully saturated rings. The van der Waals surface area contributed by atoms with E-state index in [9.17, 15) is 4.79 Å². The lowest BCUT2D eigenvalue weighted by Gasteiger charge is -2.26. The predicted octanol–water partition coefficient (Wildman–Crippen LogP) is 5.59. The largest absolute Gasteiger partial charge is 0.497 e. The van der Waals surface area contributed by atoms with Crippen LogP contribution in [0.4, 0.5) is 5.82 Å². The number of hydrogen-bond donors (Lipinski definition) is 1. The van der Waals surface area contributed by atoms with E-state index in [2.05, 4.69) is 11.4 Å². The van der Waals surface area contributed by atoms with Gasteiger partial charge in [-0.2, -0.15) is 9.78 Å².